The lowest BCUT2D eigenvalue weighted by Crippen LogP contribution is -2.40. The molecule has 2 N–H and O–H groups in total. The quantitative estimate of drug-likeness (QED) is 0.585. The lowest BCUT2D eigenvalue weighted by Gasteiger charge is -2.37. The highest BCUT2D eigenvalue weighted by Gasteiger charge is 2.35. The van der Waals surface area contributed by atoms with Crippen molar-refractivity contribution in [3.8, 4) is 0 Å². The van der Waals surface area contributed by atoms with Crippen molar-refractivity contribution in [1.29, 1.82) is 0 Å². The molecule has 1 aliphatic rings. The minimum Gasteiger partial charge on any atom is -0.392 e. The lowest BCUT2D eigenvalue weighted by atomic mass is 9.75. The third-order valence-electron chi connectivity index (χ3n) is 2.74. The molecule has 0 spiro atoms. The molecule has 0 aliphatic heterocycles. The standard InChI is InChI=1S/C10H18O2/c1-7(2)8-4-5-10(3,12)6-9(8)11/h8-9,11-12H,1,4-6H2,2-3H3/t8-,9-,10-/m0/s1. The van der Waals surface area contributed by atoms with Crippen LogP contribution < -0.4 is 0 Å². The summed E-state index contributed by atoms with van der Waals surface area (Å²) in [7, 11) is 0. The second-order valence-corrected chi connectivity index (χ2v) is 4.26. The van der Waals surface area contributed by atoms with Gasteiger partial charge in [-0.25, -0.2) is 0 Å². The molecule has 0 aromatic rings. The molecule has 0 aromatic heterocycles. The number of aliphatic hydroxyl groups excluding tert-OH is 1. The maximum atomic E-state index is 9.65. The number of aliphatic hydroxyl groups is 2. The van der Waals surface area contributed by atoms with Crippen LogP contribution in [0.5, 0.6) is 0 Å². The summed E-state index contributed by atoms with van der Waals surface area (Å²) in [4.78, 5) is 0. The van der Waals surface area contributed by atoms with Crippen molar-refractivity contribution in [1.82, 2.24) is 0 Å². The summed E-state index contributed by atoms with van der Waals surface area (Å²) in [5, 5.41) is 19.3. The Labute approximate surface area is 73.9 Å². The highest BCUT2D eigenvalue weighted by Crippen LogP contribution is 2.34. The predicted molar refractivity (Wildman–Crippen MR) is 48.8 cm³/mol. The van der Waals surface area contributed by atoms with Gasteiger partial charge in [-0.3, -0.25) is 0 Å². The van der Waals surface area contributed by atoms with E-state index in [1.54, 1.807) is 6.92 Å². The molecule has 1 aliphatic carbocycles. The molecule has 1 rings (SSSR count). The van der Waals surface area contributed by atoms with Crippen LogP contribution in [0.1, 0.15) is 33.1 Å². The van der Waals surface area contributed by atoms with Crippen LogP contribution in [-0.4, -0.2) is 21.9 Å². The van der Waals surface area contributed by atoms with Crippen molar-refractivity contribution in [3.05, 3.63) is 12.2 Å². The summed E-state index contributed by atoms with van der Waals surface area (Å²) in [6, 6.07) is 0. The van der Waals surface area contributed by atoms with E-state index < -0.39 is 11.7 Å². The molecule has 0 unspecified atom stereocenters. The molecule has 12 heavy (non-hydrogen) atoms. The van der Waals surface area contributed by atoms with Crippen LogP contribution in [0.3, 0.4) is 0 Å². The normalized spacial score (nSPS) is 42.7. The van der Waals surface area contributed by atoms with Crippen LogP contribution in [-0.2, 0) is 0 Å². The smallest absolute Gasteiger partial charge is 0.0644 e. The maximum Gasteiger partial charge on any atom is 0.0644 e. The van der Waals surface area contributed by atoms with Crippen molar-refractivity contribution in [3.63, 3.8) is 0 Å². The largest absolute Gasteiger partial charge is 0.392 e. The van der Waals surface area contributed by atoms with Gasteiger partial charge in [0, 0.05) is 12.3 Å². The first-order chi connectivity index (χ1) is 5.42. The van der Waals surface area contributed by atoms with E-state index in [9.17, 15) is 10.2 Å². The van der Waals surface area contributed by atoms with Crippen LogP contribution in [0.4, 0.5) is 0 Å². The van der Waals surface area contributed by atoms with Gasteiger partial charge in [0.15, 0.2) is 0 Å². The van der Waals surface area contributed by atoms with E-state index >= 15 is 0 Å². The van der Waals surface area contributed by atoms with Gasteiger partial charge in [-0.15, -0.1) is 0 Å². The van der Waals surface area contributed by atoms with Crippen LogP contribution >= 0.6 is 0 Å². The van der Waals surface area contributed by atoms with Gasteiger partial charge < -0.3 is 10.2 Å². The second kappa shape index (κ2) is 3.19. The van der Waals surface area contributed by atoms with E-state index in [0.29, 0.717) is 6.42 Å². The fourth-order valence-electron chi connectivity index (χ4n) is 1.93. The summed E-state index contributed by atoms with van der Waals surface area (Å²) < 4.78 is 0. The summed E-state index contributed by atoms with van der Waals surface area (Å²) in [5.74, 6) is 0.185. The van der Waals surface area contributed by atoms with Gasteiger partial charge in [-0.05, 0) is 26.7 Å². The topological polar surface area (TPSA) is 40.5 Å². The molecule has 0 bridgehead atoms. The Morgan fingerprint density at radius 1 is 1.58 bits per heavy atom. The molecule has 0 heterocycles. The van der Waals surface area contributed by atoms with Gasteiger partial charge >= 0.3 is 0 Å². The van der Waals surface area contributed by atoms with Gasteiger partial charge in [0.1, 0.15) is 0 Å². The Morgan fingerprint density at radius 3 is 2.58 bits per heavy atom. The highest BCUT2D eigenvalue weighted by molar-refractivity contribution is 5.03. The number of rotatable bonds is 1. The molecule has 3 atom stereocenters. The third kappa shape index (κ3) is 2.08. The van der Waals surface area contributed by atoms with E-state index in [4.69, 9.17) is 0 Å². The number of hydrogen-bond donors (Lipinski definition) is 2. The van der Waals surface area contributed by atoms with Gasteiger partial charge in [0.2, 0.25) is 0 Å². The zero-order valence-electron chi connectivity index (χ0n) is 7.88. The zero-order chi connectivity index (χ0) is 9.35. The Hall–Kier alpha value is -0.340. The minimum atomic E-state index is -0.675. The molecule has 2 heteroatoms. The van der Waals surface area contributed by atoms with Crippen LogP contribution in [0.25, 0.3) is 0 Å². The molecule has 1 fully saturated rings. The van der Waals surface area contributed by atoms with Crippen molar-refractivity contribution >= 4 is 0 Å². The molecule has 70 valence electrons. The molecular weight excluding hydrogens is 152 g/mol. The van der Waals surface area contributed by atoms with Gasteiger partial charge in [-0.1, -0.05) is 12.2 Å². The van der Waals surface area contributed by atoms with Crippen LogP contribution in [0, 0.1) is 5.92 Å². The molecule has 0 radical (unpaired) electrons. The first-order valence-electron chi connectivity index (χ1n) is 4.48. The van der Waals surface area contributed by atoms with Crippen molar-refractivity contribution < 1.29 is 10.2 Å². The maximum absolute atomic E-state index is 9.65. The zero-order valence-corrected chi connectivity index (χ0v) is 7.88. The van der Waals surface area contributed by atoms with E-state index in [-0.39, 0.29) is 5.92 Å². The van der Waals surface area contributed by atoms with E-state index in [2.05, 4.69) is 6.58 Å². The molecule has 1 saturated carbocycles. The van der Waals surface area contributed by atoms with Crippen molar-refractivity contribution in [2.45, 2.75) is 44.8 Å². The SMILES string of the molecule is C=C(C)[C@@H]1CC[C@](C)(O)C[C@@H]1O. The van der Waals surface area contributed by atoms with Crippen molar-refractivity contribution in [2.75, 3.05) is 0 Å². The second-order valence-electron chi connectivity index (χ2n) is 4.26. The van der Waals surface area contributed by atoms with Gasteiger partial charge in [-0.2, -0.15) is 0 Å². The summed E-state index contributed by atoms with van der Waals surface area (Å²) in [6.07, 6.45) is 1.68. The third-order valence-corrected chi connectivity index (χ3v) is 2.74. The molecule has 0 saturated heterocycles. The van der Waals surface area contributed by atoms with E-state index in [1.807, 2.05) is 6.92 Å². The summed E-state index contributed by atoms with van der Waals surface area (Å²) in [5.41, 5.74) is 0.351. The first kappa shape index (κ1) is 9.75. The number of hydrogen-bond acceptors (Lipinski definition) is 2. The lowest BCUT2D eigenvalue weighted by molar-refractivity contribution is -0.0503. The Bertz CT molecular complexity index is 184. The predicted octanol–water partition coefficient (Wildman–Crippen LogP) is 1.47. The minimum absolute atomic E-state index is 0.185. The first-order valence-corrected chi connectivity index (χ1v) is 4.48. The Kier molecular flexibility index (Phi) is 2.59. The summed E-state index contributed by atoms with van der Waals surface area (Å²) in [6.45, 7) is 7.56. The molecule has 2 nitrogen and oxygen atoms in total. The van der Waals surface area contributed by atoms with Gasteiger partial charge in [0.25, 0.3) is 0 Å². The van der Waals surface area contributed by atoms with E-state index in [0.717, 1.165) is 18.4 Å². The fourth-order valence-corrected chi connectivity index (χ4v) is 1.93. The molecule has 0 amide bonds. The summed E-state index contributed by atoms with van der Waals surface area (Å²) >= 11 is 0. The average Bonchev–Trinajstić information content (AvgIpc) is 1.83. The van der Waals surface area contributed by atoms with Crippen molar-refractivity contribution in [2.24, 2.45) is 5.92 Å². The molecular formula is C10H18O2. The fraction of sp³-hybridized carbons (Fsp3) is 0.800. The average molecular weight is 170 g/mol. The highest BCUT2D eigenvalue weighted by atomic mass is 16.3. The van der Waals surface area contributed by atoms with E-state index in [1.165, 1.54) is 0 Å². The Balaban J connectivity index is 2.60. The monoisotopic (exact) mass is 170 g/mol. The van der Waals surface area contributed by atoms with Crippen LogP contribution in [0.15, 0.2) is 12.2 Å². The van der Waals surface area contributed by atoms with Gasteiger partial charge in [0.05, 0.1) is 11.7 Å². The Morgan fingerprint density at radius 2 is 2.17 bits per heavy atom. The molecule has 0 aromatic carbocycles. The van der Waals surface area contributed by atoms with Crippen LogP contribution in [0.2, 0.25) is 0 Å².